The number of hydrogen-bond donors (Lipinski definition) is 0. The normalized spacial score (nSPS) is 10.2. The Bertz CT molecular complexity index is 600. The van der Waals surface area contributed by atoms with Crippen molar-refractivity contribution >= 4 is 5.78 Å². The number of ketones is 1. The third-order valence-electron chi connectivity index (χ3n) is 3.25. The molecule has 3 heteroatoms. The molecule has 0 saturated heterocycles. The summed E-state index contributed by atoms with van der Waals surface area (Å²) in [6.07, 6.45) is 0.711. The molecule has 0 radical (unpaired) electrons. The molecular weight excluding hydrogens is 252 g/mol. The van der Waals surface area contributed by atoms with Gasteiger partial charge in [-0.2, -0.15) is 0 Å². The highest BCUT2D eigenvalue weighted by Crippen LogP contribution is 2.22. The SMILES string of the molecule is COc1ccc(Cc2ccc(OC)cc2C(C)=O)cc1. The lowest BCUT2D eigenvalue weighted by Gasteiger charge is -2.10. The molecule has 0 saturated carbocycles. The van der Waals surface area contributed by atoms with Crippen molar-refractivity contribution in [3.05, 3.63) is 59.2 Å². The van der Waals surface area contributed by atoms with Crippen LogP contribution in [-0.2, 0) is 6.42 Å². The van der Waals surface area contributed by atoms with E-state index in [1.54, 1.807) is 27.2 Å². The molecule has 2 rings (SSSR count). The number of Topliss-reactive ketones (excluding diaryl/α,β-unsaturated/α-hetero) is 1. The van der Waals surface area contributed by atoms with Crippen LogP contribution in [0.25, 0.3) is 0 Å². The van der Waals surface area contributed by atoms with Crippen LogP contribution in [-0.4, -0.2) is 20.0 Å². The maximum Gasteiger partial charge on any atom is 0.160 e. The van der Waals surface area contributed by atoms with Crippen molar-refractivity contribution in [2.45, 2.75) is 13.3 Å². The number of methoxy groups -OCH3 is 2. The second kappa shape index (κ2) is 6.24. The molecule has 0 aromatic heterocycles. The highest BCUT2D eigenvalue weighted by Gasteiger charge is 2.09. The molecule has 0 heterocycles. The van der Waals surface area contributed by atoms with Crippen LogP contribution in [0, 0.1) is 0 Å². The Morgan fingerprint density at radius 1 is 0.950 bits per heavy atom. The number of carbonyl (C=O) groups excluding carboxylic acids is 1. The summed E-state index contributed by atoms with van der Waals surface area (Å²) in [6, 6.07) is 13.5. The molecule has 0 unspecified atom stereocenters. The molecular formula is C17H18O3. The van der Waals surface area contributed by atoms with E-state index in [4.69, 9.17) is 9.47 Å². The molecule has 0 amide bonds. The lowest BCUT2D eigenvalue weighted by Crippen LogP contribution is -2.01. The first-order chi connectivity index (χ1) is 9.63. The van der Waals surface area contributed by atoms with Crippen LogP contribution in [0.5, 0.6) is 11.5 Å². The zero-order valence-corrected chi connectivity index (χ0v) is 12.0. The Hall–Kier alpha value is -2.29. The van der Waals surface area contributed by atoms with E-state index >= 15 is 0 Å². The lowest BCUT2D eigenvalue weighted by molar-refractivity contribution is 0.101. The Morgan fingerprint density at radius 2 is 1.55 bits per heavy atom. The summed E-state index contributed by atoms with van der Waals surface area (Å²) in [5, 5.41) is 0. The van der Waals surface area contributed by atoms with E-state index in [1.165, 1.54) is 0 Å². The van der Waals surface area contributed by atoms with Crippen LogP contribution in [0.15, 0.2) is 42.5 Å². The molecule has 2 aromatic carbocycles. The first-order valence-electron chi connectivity index (χ1n) is 6.45. The van der Waals surface area contributed by atoms with Gasteiger partial charge >= 0.3 is 0 Å². The molecule has 3 nitrogen and oxygen atoms in total. The van der Waals surface area contributed by atoms with Gasteiger partial charge in [0, 0.05) is 5.56 Å². The van der Waals surface area contributed by atoms with E-state index in [1.807, 2.05) is 36.4 Å². The van der Waals surface area contributed by atoms with Crippen molar-refractivity contribution in [3.63, 3.8) is 0 Å². The predicted molar refractivity (Wildman–Crippen MR) is 78.8 cm³/mol. The van der Waals surface area contributed by atoms with Crippen molar-refractivity contribution in [1.29, 1.82) is 0 Å². The maximum atomic E-state index is 11.7. The second-order valence-electron chi connectivity index (χ2n) is 4.60. The summed E-state index contributed by atoms with van der Waals surface area (Å²) in [7, 11) is 3.24. The summed E-state index contributed by atoms with van der Waals surface area (Å²) in [6.45, 7) is 1.58. The van der Waals surface area contributed by atoms with Gasteiger partial charge in [-0.3, -0.25) is 4.79 Å². The van der Waals surface area contributed by atoms with Gasteiger partial charge in [-0.05, 0) is 48.7 Å². The Morgan fingerprint density at radius 3 is 2.10 bits per heavy atom. The Kier molecular flexibility index (Phi) is 4.41. The lowest BCUT2D eigenvalue weighted by atomic mass is 9.97. The van der Waals surface area contributed by atoms with Crippen LogP contribution in [0.1, 0.15) is 28.4 Å². The molecule has 0 atom stereocenters. The van der Waals surface area contributed by atoms with Crippen molar-refractivity contribution in [2.75, 3.05) is 14.2 Å². The van der Waals surface area contributed by atoms with E-state index in [0.29, 0.717) is 17.7 Å². The molecule has 0 aliphatic carbocycles. The number of rotatable bonds is 5. The third-order valence-corrected chi connectivity index (χ3v) is 3.25. The van der Waals surface area contributed by atoms with Crippen LogP contribution in [0.2, 0.25) is 0 Å². The average molecular weight is 270 g/mol. The minimum atomic E-state index is 0.0485. The van der Waals surface area contributed by atoms with E-state index in [0.717, 1.165) is 16.9 Å². The summed E-state index contributed by atoms with van der Waals surface area (Å²) in [5.74, 6) is 1.58. The quantitative estimate of drug-likeness (QED) is 0.780. The molecule has 0 bridgehead atoms. The van der Waals surface area contributed by atoms with Gasteiger partial charge in [0.1, 0.15) is 11.5 Å². The maximum absolute atomic E-state index is 11.7. The Balaban J connectivity index is 2.29. The van der Waals surface area contributed by atoms with Gasteiger partial charge in [0.15, 0.2) is 5.78 Å². The first kappa shape index (κ1) is 14.1. The molecule has 0 spiro atoms. The van der Waals surface area contributed by atoms with Crippen LogP contribution >= 0.6 is 0 Å². The standard InChI is InChI=1S/C17H18O3/c1-12(18)17-11-16(20-3)9-6-14(17)10-13-4-7-15(19-2)8-5-13/h4-9,11H,10H2,1-3H3. The molecule has 20 heavy (non-hydrogen) atoms. The van der Waals surface area contributed by atoms with Gasteiger partial charge in [0.25, 0.3) is 0 Å². The fourth-order valence-electron chi connectivity index (χ4n) is 2.13. The number of benzene rings is 2. The molecule has 0 fully saturated rings. The van der Waals surface area contributed by atoms with Crippen molar-refractivity contribution in [1.82, 2.24) is 0 Å². The Labute approximate surface area is 119 Å². The first-order valence-corrected chi connectivity index (χ1v) is 6.45. The van der Waals surface area contributed by atoms with Gasteiger partial charge in [-0.25, -0.2) is 0 Å². The van der Waals surface area contributed by atoms with Crippen molar-refractivity contribution in [3.8, 4) is 11.5 Å². The van der Waals surface area contributed by atoms with E-state index in [-0.39, 0.29) is 5.78 Å². The van der Waals surface area contributed by atoms with E-state index in [9.17, 15) is 4.79 Å². The second-order valence-corrected chi connectivity index (χ2v) is 4.60. The van der Waals surface area contributed by atoms with Gasteiger partial charge in [-0.1, -0.05) is 18.2 Å². The monoisotopic (exact) mass is 270 g/mol. The smallest absolute Gasteiger partial charge is 0.160 e. The fraction of sp³-hybridized carbons (Fsp3) is 0.235. The number of hydrogen-bond acceptors (Lipinski definition) is 3. The highest BCUT2D eigenvalue weighted by molar-refractivity contribution is 5.96. The zero-order chi connectivity index (χ0) is 14.5. The van der Waals surface area contributed by atoms with Gasteiger partial charge < -0.3 is 9.47 Å². The third kappa shape index (κ3) is 3.18. The highest BCUT2D eigenvalue weighted by atomic mass is 16.5. The van der Waals surface area contributed by atoms with Gasteiger partial charge in [0.2, 0.25) is 0 Å². The van der Waals surface area contributed by atoms with Crippen LogP contribution in [0.3, 0.4) is 0 Å². The average Bonchev–Trinajstić information content (AvgIpc) is 2.48. The summed E-state index contributed by atoms with van der Waals surface area (Å²) in [5.41, 5.74) is 2.85. The molecule has 0 aliphatic rings. The molecule has 0 aliphatic heterocycles. The zero-order valence-electron chi connectivity index (χ0n) is 12.0. The number of ether oxygens (including phenoxy) is 2. The summed E-state index contributed by atoms with van der Waals surface area (Å²) >= 11 is 0. The predicted octanol–water partition coefficient (Wildman–Crippen LogP) is 3.50. The van der Waals surface area contributed by atoms with Crippen LogP contribution in [0.4, 0.5) is 0 Å². The van der Waals surface area contributed by atoms with Gasteiger partial charge in [0.05, 0.1) is 14.2 Å². The molecule has 0 N–H and O–H groups in total. The van der Waals surface area contributed by atoms with Crippen molar-refractivity contribution in [2.24, 2.45) is 0 Å². The van der Waals surface area contributed by atoms with Crippen LogP contribution < -0.4 is 9.47 Å². The topological polar surface area (TPSA) is 35.5 Å². The molecule has 104 valence electrons. The largest absolute Gasteiger partial charge is 0.497 e. The van der Waals surface area contributed by atoms with E-state index < -0.39 is 0 Å². The summed E-state index contributed by atoms with van der Waals surface area (Å²) in [4.78, 5) is 11.7. The van der Waals surface area contributed by atoms with E-state index in [2.05, 4.69) is 0 Å². The number of carbonyl (C=O) groups is 1. The minimum absolute atomic E-state index is 0.0485. The van der Waals surface area contributed by atoms with Crippen molar-refractivity contribution < 1.29 is 14.3 Å². The fourth-order valence-corrected chi connectivity index (χ4v) is 2.13. The van der Waals surface area contributed by atoms with Gasteiger partial charge in [-0.15, -0.1) is 0 Å². The summed E-state index contributed by atoms with van der Waals surface area (Å²) < 4.78 is 10.3. The minimum Gasteiger partial charge on any atom is -0.497 e. The molecule has 2 aromatic rings.